The number of aliphatic carboxylic acids is 1. The molecule has 1 rings (SSSR count). The minimum absolute atomic E-state index is 0.215. The van der Waals surface area contributed by atoms with Gasteiger partial charge in [0, 0.05) is 6.42 Å². The SMILES string of the molecule is C=CCC(NC(=O)CC1=CCCCC1)C(=O)O. The van der Waals surface area contributed by atoms with Crippen LogP contribution in [0.2, 0.25) is 0 Å². The second kappa shape index (κ2) is 6.89. The van der Waals surface area contributed by atoms with Crippen molar-refractivity contribution in [3.05, 3.63) is 24.3 Å². The van der Waals surface area contributed by atoms with E-state index in [2.05, 4.69) is 18.0 Å². The average Bonchev–Trinajstić information content (AvgIpc) is 2.29. The Hall–Kier alpha value is -1.58. The first-order chi connectivity index (χ1) is 8.13. The summed E-state index contributed by atoms with van der Waals surface area (Å²) in [4.78, 5) is 22.5. The number of hydrogen-bond donors (Lipinski definition) is 2. The van der Waals surface area contributed by atoms with Crippen LogP contribution in [0.5, 0.6) is 0 Å². The summed E-state index contributed by atoms with van der Waals surface area (Å²) in [5.41, 5.74) is 1.12. The summed E-state index contributed by atoms with van der Waals surface area (Å²) in [6, 6.07) is -0.857. The van der Waals surface area contributed by atoms with E-state index in [9.17, 15) is 9.59 Å². The van der Waals surface area contributed by atoms with E-state index in [1.54, 1.807) is 0 Å². The monoisotopic (exact) mass is 237 g/mol. The lowest BCUT2D eigenvalue weighted by Gasteiger charge is -2.15. The van der Waals surface area contributed by atoms with Crippen LogP contribution in [0.1, 0.15) is 38.5 Å². The lowest BCUT2D eigenvalue weighted by Crippen LogP contribution is -2.40. The molecule has 0 saturated heterocycles. The molecule has 0 aromatic rings. The van der Waals surface area contributed by atoms with Crippen molar-refractivity contribution >= 4 is 11.9 Å². The van der Waals surface area contributed by atoms with E-state index in [1.807, 2.05) is 0 Å². The summed E-state index contributed by atoms with van der Waals surface area (Å²) in [6.45, 7) is 3.48. The summed E-state index contributed by atoms with van der Waals surface area (Å²) >= 11 is 0. The van der Waals surface area contributed by atoms with E-state index in [1.165, 1.54) is 12.5 Å². The molecule has 1 unspecified atom stereocenters. The number of carboxylic acids is 1. The lowest BCUT2D eigenvalue weighted by molar-refractivity contribution is -0.141. The molecular formula is C13H19NO3. The largest absolute Gasteiger partial charge is 0.480 e. The van der Waals surface area contributed by atoms with Crippen LogP contribution < -0.4 is 5.32 Å². The van der Waals surface area contributed by atoms with Gasteiger partial charge in [0.05, 0.1) is 0 Å². The summed E-state index contributed by atoms with van der Waals surface area (Å²) in [5.74, 6) is -1.23. The van der Waals surface area contributed by atoms with Gasteiger partial charge in [0.2, 0.25) is 5.91 Å². The van der Waals surface area contributed by atoms with Crippen LogP contribution in [0.3, 0.4) is 0 Å². The Balaban J connectivity index is 2.43. The number of nitrogens with one attached hydrogen (secondary N) is 1. The molecule has 17 heavy (non-hydrogen) atoms. The summed E-state index contributed by atoms with van der Waals surface area (Å²) in [7, 11) is 0. The molecule has 1 amide bonds. The van der Waals surface area contributed by atoms with Crippen molar-refractivity contribution in [1.82, 2.24) is 5.32 Å². The second-order valence-corrected chi connectivity index (χ2v) is 4.27. The molecule has 1 atom stereocenters. The third-order valence-electron chi connectivity index (χ3n) is 2.81. The van der Waals surface area contributed by atoms with Crippen LogP contribution in [0.15, 0.2) is 24.3 Å². The van der Waals surface area contributed by atoms with Gasteiger partial charge in [0.25, 0.3) is 0 Å². The molecule has 0 heterocycles. The lowest BCUT2D eigenvalue weighted by atomic mass is 9.97. The fourth-order valence-corrected chi connectivity index (χ4v) is 1.90. The molecule has 0 bridgehead atoms. The summed E-state index contributed by atoms with van der Waals surface area (Å²) < 4.78 is 0. The number of carbonyl (C=O) groups is 2. The highest BCUT2D eigenvalue weighted by Crippen LogP contribution is 2.19. The zero-order chi connectivity index (χ0) is 12.7. The maximum atomic E-state index is 11.7. The zero-order valence-electron chi connectivity index (χ0n) is 9.95. The average molecular weight is 237 g/mol. The van der Waals surface area contributed by atoms with E-state index in [0.717, 1.165) is 24.8 Å². The van der Waals surface area contributed by atoms with Crippen LogP contribution in [0, 0.1) is 0 Å². The molecule has 0 saturated carbocycles. The van der Waals surface area contributed by atoms with Crippen molar-refractivity contribution < 1.29 is 14.7 Å². The van der Waals surface area contributed by atoms with Crippen molar-refractivity contribution in [2.75, 3.05) is 0 Å². The minimum Gasteiger partial charge on any atom is -0.480 e. The Kier molecular flexibility index (Phi) is 5.46. The highest BCUT2D eigenvalue weighted by molar-refractivity contribution is 5.84. The summed E-state index contributed by atoms with van der Waals surface area (Å²) in [6.07, 6.45) is 8.43. The van der Waals surface area contributed by atoms with E-state index in [0.29, 0.717) is 6.42 Å². The fourth-order valence-electron chi connectivity index (χ4n) is 1.90. The molecule has 1 aliphatic carbocycles. The van der Waals surface area contributed by atoms with Crippen molar-refractivity contribution in [3.8, 4) is 0 Å². The molecule has 2 N–H and O–H groups in total. The molecule has 0 spiro atoms. The van der Waals surface area contributed by atoms with Gasteiger partial charge in [-0.25, -0.2) is 4.79 Å². The van der Waals surface area contributed by atoms with Crippen molar-refractivity contribution in [3.63, 3.8) is 0 Å². The van der Waals surface area contributed by atoms with Crippen molar-refractivity contribution in [2.45, 2.75) is 44.6 Å². The van der Waals surface area contributed by atoms with Gasteiger partial charge in [-0.3, -0.25) is 4.79 Å². The van der Waals surface area contributed by atoms with Gasteiger partial charge in [-0.2, -0.15) is 0 Å². The van der Waals surface area contributed by atoms with Gasteiger partial charge in [0.1, 0.15) is 6.04 Å². The molecule has 0 aromatic heterocycles. The first-order valence-electron chi connectivity index (χ1n) is 5.94. The smallest absolute Gasteiger partial charge is 0.326 e. The van der Waals surface area contributed by atoms with Crippen LogP contribution in [-0.4, -0.2) is 23.0 Å². The highest BCUT2D eigenvalue weighted by atomic mass is 16.4. The Bertz CT molecular complexity index is 334. The highest BCUT2D eigenvalue weighted by Gasteiger charge is 2.18. The number of allylic oxidation sites excluding steroid dienone is 1. The number of rotatable bonds is 6. The van der Waals surface area contributed by atoms with Gasteiger partial charge in [-0.05, 0) is 32.1 Å². The quantitative estimate of drug-likeness (QED) is 0.694. The zero-order valence-corrected chi connectivity index (χ0v) is 9.95. The molecule has 4 nitrogen and oxygen atoms in total. The third-order valence-corrected chi connectivity index (χ3v) is 2.81. The first-order valence-corrected chi connectivity index (χ1v) is 5.94. The van der Waals surface area contributed by atoms with Gasteiger partial charge in [-0.1, -0.05) is 17.7 Å². The van der Waals surface area contributed by atoms with Crippen LogP contribution in [0.4, 0.5) is 0 Å². The molecule has 94 valence electrons. The van der Waals surface area contributed by atoms with Crippen LogP contribution >= 0.6 is 0 Å². The number of hydrogen-bond acceptors (Lipinski definition) is 2. The van der Waals surface area contributed by atoms with Crippen molar-refractivity contribution in [1.29, 1.82) is 0 Å². The minimum atomic E-state index is -1.02. The standard InChI is InChI=1S/C13H19NO3/c1-2-6-11(13(16)17)14-12(15)9-10-7-4-3-5-8-10/h2,7,11H,1,3-6,8-9H2,(H,14,15)(H,16,17). The van der Waals surface area contributed by atoms with E-state index in [-0.39, 0.29) is 12.3 Å². The number of carbonyl (C=O) groups excluding carboxylic acids is 1. The molecule has 0 aromatic carbocycles. The predicted molar refractivity (Wildman–Crippen MR) is 65.5 cm³/mol. The Morgan fingerprint density at radius 3 is 2.82 bits per heavy atom. The summed E-state index contributed by atoms with van der Waals surface area (Å²) in [5, 5.41) is 11.4. The number of amides is 1. The van der Waals surface area contributed by atoms with E-state index >= 15 is 0 Å². The molecule has 4 heteroatoms. The fraction of sp³-hybridized carbons (Fsp3) is 0.538. The van der Waals surface area contributed by atoms with Gasteiger partial charge < -0.3 is 10.4 Å². The molecular weight excluding hydrogens is 218 g/mol. The van der Waals surface area contributed by atoms with Gasteiger partial charge >= 0.3 is 5.97 Å². The van der Waals surface area contributed by atoms with Crippen molar-refractivity contribution in [2.24, 2.45) is 0 Å². The maximum absolute atomic E-state index is 11.7. The van der Waals surface area contributed by atoms with Gasteiger partial charge in [-0.15, -0.1) is 6.58 Å². The Labute approximate surface area is 101 Å². The molecule has 0 radical (unpaired) electrons. The predicted octanol–water partition coefficient (Wildman–Crippen LogP) is 2.02. The second-order valence-electron chi connectivity index (χ2n) is 4.27. The van der Waals surface area contributed by atoms with Crippen LogP contribution in [-0.2, 0) is 9.59 Å². The topological polar surface area (TPSA) is 66.4 Å². The molecule has 0 fully saturated rings. The van der Waals surface area contributed by atoms with E-state index < -0.39 is 12.0 Å². The van der Waals surface area contributed by atoms with E-state index in [4.69, 9.17) is 5.11 Å². The normalized spacial score (nSPS) is 16.8. The maximum Gasteiger partial charge on any atom is 0.326 e. The molecule has 0 aliphatic heterocycles. The Morgan fingerprint density at radius 2 is 2.29 bits per heavy atom. The van der Waals surface area contributed by atoms with Crippen LogP contribution in [0.25, 0.3) is 0 Å². The van der Waals surface area contributed by atoms with Gasteiger partial charge in [0.15, 0.2) is 0 Å². The molecule has 1 aliphatic rings. The first kappa shape index (κ1) is 13.5. The number of carboxylic acid groups (broad SMARTS) is 1. The Morgan fingerprint density at radius 1 is 1.53 bits per heavy atom. The third kappa shape index (κ3) is 4.85.